The summed E-state index contributed by atoms with van der Waals surface area (Å²) >= 11 is 0. The average Bonchev–Trinajstić information content (AvgIpc) is 3.09. The van der Waals surface area contributed by atoms with Crippen LogP contribution in [0.1, 0.15) is 25.3 Å². The van der Waals surface area contributed by atoms with Crippen molar-refractivity contribution < 1.29 is 4.74 Å². The number of ether oxygens (including phenoxy) is 1. The number of hydrogen-bond donors (Lipinski definition) is 1. The lowest BCUT2D eigenvalue weighted by Gasteiger charge is -2.17. The van der Waals surface area contributed by atoms with Crippen LogP contribution >= 0.6 is 0 Å². The smallest absolute Gasteiger partial charge is 0.201 e. The predicted molar refractivity (Wildman–Crippen MR) is 78.9 cm³/mol. The van der Waals surface area contributed by atoms with Crippen molar-refractivity contribution in [1.82, 2.24) is 14.5 Å². The molecule has 106 valence electrons. The van der Waals surface area contributed by atoms with Gasteiger partial charge in [0.05, 0.1) is 18.7 Å². The highest BCUT2D eigenvalue weighted by Crippen LogP contribution is 2.37. The van der Waals surface area contributed by atoms with Gasteiger partial charge in [0.25, 0.3) is 0 Å². The second-order valence-electron chi connectivity index (χ2n) is 5.84. The molecule has 0 spiro atoms. The van der Waals surface area contributed by atoms with Gasteiger partial charge in [-0.25, -0.2) is 4.98 Å². The van der Waals surface area contributed by atoms with Crippen LogP contribution < -0.4 is 10.5 Å². The zero-order valence-electron chi connectivity index (χ0n) is 11.7. The summed E-state index contributed by atoms with van der Waals surface area (Å²) in [5, 5.41) is 0. The largest absolute Gasteiger partial charge is 0.494 e. The number of nitrogens with two attached hydrogens (primary N) is 1. The molecular weight excluding hydrogens is 252 g/mol. The number of aromatic nitrogens is 2. The minimum absolute atomic E-state index is 0.438. The number of methoxy groups -OCH3 is 1. The Kier molecular flexibility index (Phi) is 2.63. The Morgan fingerprint density at radius 2 is 2.10 bits per heavy atom. The molecule has 1 aromatic heterocycles. The number of hydrogen-bond acceptors (Lipinski definition) is 4. The third-order valence-electron chi connectivity index (χ3n) is 4.55. The first-order valence-corrected chi connectivity index (χ1v) is 7.32. The summed E-state index contributed by atoms with van der Waals surface area (Å²) in [5.41, 5.74) is 8.13. The molecule has 1 aliphatic heterocycles. The predicted octanol–water partition coefficient (Wildman–Crippen LogP) is 2.04. The van der Waals surface area contributed by atoms with Crippen molar-refractivity contribution in [2.24, 2.45) is 0 Å². The fourth-order valence-electron chi connectivity index (χ4n) is 3.41. The maximum atomic E-state index is 6.17. The van der Waals surface area contributed by atoms with Crippen molar-refractivity contribution in [2.45, 2.75) is 31.3 Å². The number of anilines is 1. The second-order valence-corrected chi connectivity index (χ2v) is 5.84. The SMILES string of the molecule is COc1cccc2c1nc(N)n2C1CCN(C2CC2)C1. The summed E-state index contributed by atoms with van der Waals surface area (Å²) in [6.45, 7) is 2.27. The minimum atomic E-state index is 0.438. The van der Waals surface area contributed by atoms with Crippen LogP contribution in [0.4, 0.5) is 5.95 Å². The zero-order valence-corrected chi connectivity index (χ0v) is 11.7. The molecule has 2 aromatic rings. The fraction of sp³-hybridized carbons (Fsp3) is 0.533. The van der Waals surface area contributed by atoms with Crippen LogP contribution in [-0.4, -0.2) is 40.7 Å². The molecule has 2 heterocycles. The van der Waals surface area contributed by atoms with E-state index in [9.17, 15) is 0 Å². The lowest BCUT2D eigenvalue weighted by Crippen LogP contribution is -2.24. The zero-order chi connectivity index (χ0) is 13.7. The van der Waals surface area contributed by atoms with Gasteiger partial charge in [-0.2, -0.15) is 0 Å². The van der Waals surface area contributed by atoms with E-state index in [1.165, 1.54) is 19.4 Å². The molecule has 1 aromatic carbocycles. The quantitative estimate of drug-likeness (QED) is 0.929. The Labute approximate surface area is 118 Å². The molecule has 1 saturated carbocycles. The van der Waals surface area contributed by atoms with Crippen molar-refractivity contribution in [3.63, 3.8) is 0 Å². The molecule has 1 aliphatic carbocycles. The maximum Gasteiger partial charge on any atom is 0.201 e. The Balaban J connectivity index is 1.74. The van der Waals surface area contributed by atoms with Crippen molar-refractivity contribution in [2.75, 3.05) is 25.9 Å². The normalized spacial score (nSPS) is 23.6. The molecule has 1 saturated heterocycles. The molecule has 2 fully saturated rings. The summed E-state index contributed by atoms with van der Waals surface area (Å²) < 4.78 is 7.58. The number of rotatable bonds is 3. The van der Waals surface area contributed by atoms with E-state index in [0.717, 1.165) is 35.8 Å². The summed E-state index contributed by atoms with van der Waals surface area (Å²) in [6, 6.07) is 7.29. The number of likely N-dealkylation sites (tertiary alicyclic amines) is 1. The standard InChI is InChI=1S/C15H20N4O/c1-20-13-4-2-3-12-14(13)17-15(16)19(12)11-7-8-18(9-11)10-5-6-10/h2-4,10-11H,5-9H2,1H3,(H2,16,17). The monoisotopic (exact) mass is 272 g/mol. The molecule has 20 heavy (non-hydrogen) atoms. The van der Waals surface area contributed by atoms with E-state index >= 15 is 0 Å². The molecule has 2 N–H and O–H groups in total. The Morgan fingerprint density at radius 1 is 1.25 bits per heavy atom. The topological polar surface area (TPSA) is 56.3 Å². The summed E-state index contributed by atoms with van der Waals surface area (Å²) in [4.78, 5) is 7.10. The Hall–Kier alpha value is -1.75. The van der Waals surface area contributed by atoms with E-state index < -0.39 is 0 Å². The molecule has 1 atom stereocenters. The van der Waals surface area contributed by atoms with Gasteiger partial charge in [0, 0.05) is 19.1 Å². The Bertz CT molecular complexity index is 647. The van der Waals surface area contributed by atoms with E-state index in [1.54, 1.807) is 7.11 Å². The molecule has 5 nitrogen and oxygen atoms in total. The van der Waals surface area contributed by atoms with Gasteiger partial charge in [0.15, 0.2) is 0 Å². The van der Waals surface area contributed by atoms with Gasteiger partial charge >= 0.3 is 0 Å². The first-order chi connectivity index (χ1) is 9.78. The van der Waals surface area contributed by atoms with Gasteiger partial charge in [-0.05, 0) is 31.4 Å². The summed E-state index contributed by atoms with van der Waals surface area (Å²) in [5.74, 6) is 1.40. The van der Waals surface area contributed by atoms with Crippen molar-refractivity contribution in [3.8, 4) is 5.75 Å². The van der Waals surface area contributed by atoms with E-state index in [1.807, 2.05) is 12.1 Å². The van der Waals surface area contributed by atoms with Gasteiger partial charge in [-0.1, -0.05) is 6.07 Å². The van der Waals surface area contributed by atoms with Crippen LogP contribution in [0, 0.1) is 0 Å². The van der Waals surface area contributed by atoms with Crippen molar-refractivity contribution in [3.05, 3.63) is 18.2 Å². The number of benzene rings is 1. The second kappa shape index (κ2) is 4.38. The van der Waals surface area contributed by atoms with Crippen LogP contribution in [0.3, 0.4) is 0 Å². The van der Waals surface area contributed by atoms with Crippen LogP contribution in [-0.2, 0) is 0 Å². The summed E-state index contributed by atoms with van der Waals surface area (Å²) in [6.07, 6.45) is 3.88. The van der Waals surface area contributed by atoms with Gasteiger partial charge < -0.3 is 15.0 Å². The highest BCUT2D eigenvalue weighted by molar-refractivity contribution is 5.84. The first kappa shape index (κ1) is 12.0. The Morgan fingerprint density at radius 3 is 2.85 bits per heavy atom. The summed E-state index contributed by atoms with van der Waals surface area (Å²) in [7, 11) is 1.67. The van der Waals surface area contributed by atoms with Gasteiger partial charge in [-0.15, -0.1) is 0 Å². The number of imidazole rings is 1. The number of nitrogen functional groups attached to an aromatic ring is 1. The van der Waals surface area contributed by atoms with Crippen LogP contribution in [0.2, 0.25) is 0 Å². The third-order valence-corrected chi connectivity index (χ3v) is 4.55. The molecule has 0 radical (unpaired) electrons. The van der Waals surface area contributed by atoms with E-state index in [4.69, 9.17) is 10.5 Å². The minimum Gasteiger partial charge on any atom is -0.494 e. The molecule has 0 amide bonds. The molecule has 4 rings (SSSR count). The number of fused-ring (bicyclic) bond motifs is 1. The third kappa shape index (κ3) is 1.77. The van der Waals surface area contributed by atoms with Gasteiger partial charge in [0.1, 0.15) is 11.3 Å². The molecule has 0 bridgehead atoms. The highest BCUT2D eigenvalue weighted by Gasteiger charge is 2.36. The van der Waals surface area contributed by atoms with E-state index in [2.05, 4.69) is 20.5 Å². The van der Waals surface area contributed by atoms with Crippen LogP contribution in [0.15, 0.2) is 18.2 Å². The first-order valence-electron chi connectivity index (χ1n) is 7.32. The van der Waals surface area contributed by atoms with E-state index in [0.29, 0.717) is 12.0 Å². The lowest BCUT2D eigenvalue weighted by molar-refractivity contribution is 0.315. The van der Waals surface area contributed by atoms with Gasteiger partial charge in [-0.3, -0.25) is 4.90 Å². The lowest BCUT2D eigenvalue weighted by atomic mass is 10.2. The molecular formula is C15H20N4O. The van der Waals surface area contributed by atoms with Crippen LogP contribution in [0.5, 0.6) is 5.75 Å². The van der Waals surface area contributed by atoms with Crippen molar-refractivity contribution in [1.29, 1.82) is 0 Å². The number of nitrogens with zero attached hydrogens (tertiary/aromatic N) is 3. The average molecular weight is 272 g/mol. The van der Waals surface area contributed by atoms with Crippen LogP contribution in [0.25, 0.3) is 11.0 Å². The highest BCUT2D eigenvalue weighted by atomic mass is 16.5. The van der Waals surface area contributed by atoms with Gasteiger partial charge in [0.2, 0.25) is 5.95 Å². The van der Waals surface area contributed by atoms with E-state index in [-0.39, 0.29) is 0 Å². The maximum absolute atomic E-state index is 6.17. The fourth-order valence-corrected chi connectivity index (χ4v) is 3.41. The molecule has 2 aliphatic rings. The molecule has 1 unspecified atom stereocenters. The number of para-hydroxylation sites is 1. The van der Waals surface area contributed by atoms with Crippen molar-refractivity contribution >= 4 is 17.0 Å². The molecule has 5 heteroatoms.